The maximum atomic E-state index is 13.6. The molecule has 1 unspecified atom stereocenters. The highest BCUT2D eigenvalue weighted by Crippen LogP contribution is 2.49. The summed E-state index contributed by atoms with van der Waals surface area (Å²) < 4.78 is 40.9. The van der Waals surface area contributed by atoms with Crippen LogP contribution >= 0.6 is 0 Å². The second kappa shape index (κ2) is 11.2. The Labute approximate surface area is 157 Å². The zero-order valence-corrected chi connectivity index (χ0v) is 17.1. The number of unbranched alkanes of at least 4 members (excludes halogenated alkanes) is 2. The molecule has 6 heteroatoms. The van der Waals surface area contributed by atoms with E-state index < -0.39 is 24.1 Å². The molecule has 0 aromatic carbocycles. The summed E-state index contributed by atoms with van der Waals surface area (Å²) in [6.45, 7) is 9.20. The van der Waals surface area contributed by atoms with Gasteiger partial charge in [0.05, 0.1) is 12.0 Å². The van der Waals surface area contributed by atoms with Crippen LogP contribution in [0.3, 0.4) is 0 Å². The average molecular weight is 382 g/mol. The second-order valence-electron chi connectivity index (χ2n) is 8.40. The molecule has 156 valence electrons. The van der Waals surface area contributed by atoms with Crippen LogP contribution in [0, 0.1) is 16.7 Å². The van der Waals surface area contributed by atoms with Crippen LogP contribution < -0.4 is 5.32 Å². The van der Waals surface area contributed by atoms with Gasteiger partial charge >= 0.3 is 6.18 Å². The van der Waals surface area contributed by atoms with Gasteiger partial charge in [-0.15, -0.1) is 0 Å². The van der Waals surface area contributed by atoms with Crippen molar-refractivity contribution in [3.63, 3.8) is 0 Å². The van der Waals surface area contributed by atoms with Crippen molar-refractivity contribution in [1.82, 2.24) is 5.32 Å². The molecule has 2 N–H and O–H groups in total. The van der Waals surface area contributed by atoms with E-state index in [4.69, 9.17) is 0 Å². The van der Waals surface area contributed by atoms with E-state index in [1.54, 1.807) is 0 Å². The summed E-state index contributed by atoms with van der Waals surface area (Å²) in [5.74, 6) is -1.02. The molecular weight excluding hydrogens is 343 g/mol. The van der Waals surface area contributed by atoms with E-state index in [2.05, 4.69) is 26.1 Å². The van der Waals surface area contributed by atoms with Gasteiger partial charge in [-0.3, -0.25) is 4.79 Å². The number of hydrogen-bond donors (Lipinski definition) is 2. The molecular formula is C20H38F3NO2. The highest BCUT2D eigenvalue weighted by Gasteiger charge is 2.56. The van der Waals surface area contributed by atoms with Crippen molar-refractivity contribution in [2.24, 2.45) is 16.7 Å². The smallest absolute Gasteiger partial charge is 0.395 e. The van der Waals surface area contributed by atoms with Gasteiger partial charge in [0, 0.05) is 13.0 Å². The van der Waals surface area contributed by atoms with Gasteiger partial charge in [0.15, 0.2) is 0 Å². The Hall–Kier alpha value is -0.780. The first-order valence-corrected chi connectivity index (χ1v) is 9.90. The standard InChI is InChI=1S/C20H38F3NO2/c1-6-8-12-18(4,5)14-24-17(26)11-10-16(3)19(15-25,13-9-7-2)20(21,22)23/h16,25H,6-15H2,1-5H3,(H,24,26)/t16?,19-/m0/s1. The van der Waals surface area contributed by atoms with Gasteiger partial charge in [0.25, 0.3) is 0 Å². The summed E-state index contributed by atoms with van der Waals surface area (Å²) >= 11 is 0. The predicted molar refractivity (Wildman–Crippen MR) is 99.8 cm³/mol. The summed E-state index contributed by atoms with van der Waals surface area (Å²) in [5.41, 5.74) is -2.14. The van der Waals surface area contributed by atoms with Gasteiger partial charge < -0.3 is 10.4 Å². The summed E-state index contributed by atoms with van der Waals surface area (Å²) in [7, 11) is 0. The van der Waals surface area contributed by atoms with Gasteiger partial charge in [-0.05, 0) is 30.6 Å². The maximum Gasteiger partial charge on any atom is 0.396 e. The maximum absolute atomic E-state index is 13.6. The third-order valence-electron chi connectivity index (χ3n) is 5.54. The third kappa shape index (κ3) is 7.85. The van der Waals surface area contributed by atoms with Gasteiger partial charge in [0.2, 0.25) is 5.91 Å². The van der Waals surface area contributed by atoms with Crippen LogP contribution in [0.4, 0.5) is 13.2 Å². The van der Waals surface area contributed by atoms with Crippen molar-refractivity contribution in [3.05, 3.63) is 0 Å². The zero-order chi connectivity index (χ0) is 20.4. The lowest BCUT2D eigenvalue weighted by Crippen LogP contribution is -2.47. The summed E-state index contributed by atoms with van der Waals surface area (Å²) in [6, 6.07) is 0. The zero-order valence-electron chi connectivity index (χ0n) is 17.1. The fourth-order valence-corrected chi connectivity index (χ4v) is 3.28. The lowest BCUT2D eigenvalue weighted by Gasteiger charge is -2.39. The molecule has 0 aliphatic carbocycles. The number of aliphatic hydroxyl groups is 1. The van der Waals surface area contributed by atoms with E-state index in [1.165, 1.54) is 6.92 Å². The fraction of sp³-hybridized carbons (Fsp3) is 0.950. The Morgan fingerprint density at radius 1 is 1.08 bits per heavy atom. The Morgan fingerprint density at radius 3 is 2.08 bits per heavy atom. The molecule has 0 bridgehead atoms. The van der Waals surface area contributed by atoms with Crippen LogP contribution in [0.25, 0.3) is 0 Å². The SMILES string of the molecule is CCCCC(C)(C)CNC(=O)CCC(C)[C@@](CO)(CCCC)C(F)(F)F. The van der Waals surface area contributed by atoms with Crippen LogP contribution in [0.5, 0.6) is 0 Å². The molecule has 0 saturated carbocycles. The highest BCUT2D eigenvalue weighted by atomic mass is 19.4. The van der Waals surface area contributed by atoms with E-state index in [9.17, 15) is 23.1 Å². The van der Waals surface area contributed by atoms with Gasteiger partial charge in [-0.1, -0.05) is 60.3 Å². The molecule has 0 heterocycles. The minimum atomic E-state index is -4.48. The number of carbonyl (C=O) groups excluding carboxylic acids is 1. The number of rotatable bonds is 13. The molecule has 0 aromatic heterocycles. The van der Waals surface area contributed by atoms with E-state index in [1.807, 2.05) is 6.92 Å². The normalized spacial score (nSPS) is 16.2. The van der Waals surface area contributed by atoms with E-state index in [0.29, 0.717) is 19.4 Å². The summed E-state index contributed by atoms with van der Waals surface area (Å²) in [4.78, 5) is 12.1. The highest BCUT2D eigenvalue weighted by molar-refractivity contribution is 5.75. The molecule has 0 aliphatic rings. The Morgan fingerprint density at radius 2 is 1.62 bits per heavy atom. The van der Waals surface area contributed by atoms with Crippen LogP contribution in [0.15, 0.2) is 0 Å². The van der Waals surface area contributed by atoms with Crippen molar-refractivity contribution < 1.29 is 23.1 Å². The number of carbonyl (C=O) groups is 1. The first kappa shape index (κ1) is 25.2. The lowest BCUT2D eigenvalue weighted by atomic mass is 9.70. The van der Waals surface area contributed by atoms with Crippen LogP contribution in [-0.2, 0) is 4.79 Å². The largest absolute Gasteiger partial charge is 0.396 e. The van der Waals surface area contributed by atoms with E-state index >= 15 is 0 Å². The molecule has 1 amide bonds. The quantitative estimate of drug-likeness (QED) is 0.445. The summed E-state index contributed by atoms with van der Waals surface area (Å²) in [5, 5.41) is 12.4. The van der Waals surface area contributed by atoms with Crippen LogP contribution in [0.2, 0.25) is 0 Å². The number of nitrogens with one attached hydrogen (secondary N) is 1. The van der Waals surface area contributed by atoms with Crippen molar-refractivity contribution in [2.45, 2.75) is 92.2 Å². The van der Waals surface area contributed by atoms with Crippen LogP contribution in [0.1, 0.15) is 86.0 Å². The molecule has 0 rings (SSSR count). The predicted octanol–water partition coefficient (Wildman–Crippen LogP) is 5.47. The third-order valence-corrected chi connectivity index (χ3v) is 5.54. The van der Waals surface area contributed by atoms with Crippen molar-refractivity contribution in [3.8, 4) is 0 Å². The van der Waals surface area contributed by atoms with Crippen molar-refractivity contribution in [2.75, 3.05) is 13.2 Å². The number of halogens is 3. The topological polar surface area (TPSA) is 49.3 Å². The summed E-state index contributed by atoms with van der Waals surface area (Å²) in [6.07, 6.45) is -0.195. The molecule has 3 nitrogen and oxygen atoms in total. The molecule has 0 radical (unpaired) electrons. The van der Waals surface area contributed by atoms with Gasteiger partial charge in [-0.25, -0.2) is 0 Å². The molecule has 26 heavy (non-hydrogen) atoms. The monoisotopic (exact) mass is 381 g/mol. The number of alkyl halides is 3. The molecule has 0 fully saturated rings. The Balaban J connectivity index is 4.71. The molecule has 2 atom stereocenters. The van der Waals surface area contributed by atoms with Gasteiger partial charge in [-0.2, -0.15) is 13.2 Å². The fourth-order valence-electron chi connectivity index (χ4n) is 3.28. The molecule has 0 aliphatic heterocycles. The Kier molecular flexibility index (Phi) is 10.8. The van der Waals surface area contributed by atoms with Crippen molar-refractivity contribution in [1.29, 1.82) is 0 Å². The minimum absolute atomic E-state index is 0.0146. The van der Waals surface area contributed by atoms with E-state index in [-0.39, 0.29) is 30.6 Å². The van der Waals surface area contributed by atoms with E-state index in [0.717, 1.165) is 19.3 Å². The second-order valence-corrected chi connectivity index (χ2v) is 8.40. The first-order valence-electron chi connectivity index (χ1n) is 9.90. The molecule has 0 aromatic rings. The first-order chi connectivity index (χ1) is 12.0. The molecule has 0 spiro atoms. The Bertz CT molecular complexity index is 410. The number of aliphatic hydroxyl groups excluding tert-OH is 1. The lowest BCUT2D eigenvalue weighted by molar-refractivity contribution is -0.257. The minimum Gasteiger partial charge on any atom is -0.395 e. The number of hydrogen-bond acceptors (Lipinski definition) is 2. The average Bonchev–Trinajstić information content (AvgIpc) is 2.56. The molecule has 0 saturated heterocycles. The van der Waals surface area contributed by atoms with Crippen molar-refractivity contribution >= 4 is 5.91 Å². The van der Waals surface area contributed by atoms with Gasteiger partial charge in [0.1, 0.15) is 0 Å². The number of amides is 1. The van der Waals surface area contributed by atoms with Crippen LogP contribution in [-0.4, -0.2) is 30.3 Å².